The van der Waals surface area contributed by atoms with E-state index in [0.29, 0.717) is 5.92 Å². The van der Waals surface area contributed by atoms with Gasteiger partial charge in [-0.1, -0.05) is 12.1 Å². The van der Waals surface area contributed by atoms with Gasteiger partial charge in [0.05, 0.1) is 18.8 Å². The van der Waals surface area contributed by atoms with Gasteiger partial charge in [0.2, 0.25) is 0 Å². The Kier molecular flexibility index (Phi) is 4.09. The van der Waals surface area contributed by atoms with Crippen LogP contribution in [0.1, 0.15) is 28.8 Å². The second kappa shape index (κ2) is 6.23. The SMILES string of the molecule is O=C(N[C@]12CC[C@H]1CNC2)c1cccc(CN2CCOCC2)c1. The lowest BCUT2D eigenvalue weighted by atomic mass is 9.69. The standard InChI is InChI=1S/C18H25N3O2/c22-17(20-18-5-4-16(18)11-19-13-18)15-3-1-2-14(10-15)12-21-6-8-23-9-7-21/h1-3,10,16,19H,4-9,11-13H2,(H,20,22)/t16-,18-/m0/s1. The summed E-state index contributed by atoms with van der Waals surface area (Å²) in [5.74, 6) is 0.685. The first-order valence-corrected chi connectivity index (χ1v) is 8.67. The summed E-state index contributed by atoms with van der Waals surface area (Å²) in [6.07, 6.45) is 2.33. The molecule has 0 bridgehead atoms. The average molecular weight is 315 g/mol. The number of hydrogen-bond acceptors (Lipinski definition) is 4. The molecular weight excluding hydrogens is 290 g/mol. The first kappa shape index (κ1) is 15.1. The molecule has 3 aliphatic rings. The highest BCUT2D eigenvalue weighted by atomic mass is 16.5. The van der Waals surface area contributed by atoms with Crippen molar-refractivity contribution in [2.24, 2.45) is 5.92 Å². The predicted molar refractivity (Wildman–Crippen MR) is 88.3 cm³/mol. The third-order valence-corrected chi connectivity index (χ3v) is 5.61. The minimum atomic E-state index is 0.0112. The molecule has 0 radical (unpaired) electrons. The summed E-state index contributed by atoms with van der Waals surface area (Å²) in [6.45, 7) is 6.38. The number of ether oxygens (including phenoxy) is 1. The van der Waals surface area contributed by atoms with Crippen molar-refractivity contribution in [1.82, 2.24) is 15.5 Å². The summed E-state index contributed by atoms with van der Waals surface area (Å²) >= 11 is 0. The third kappa shape index (κ3) is 3.01. The first-order chi connectivity index (χ1) is 11.3. The van der Waals surface area contributed by atoms with E-state index in [9.17, 15) is 4.79 Å². The van der Waals surface area contributed by atoms with Gasteiger partial charge in [-0.25, -0.2) is 0 Å². The second-order valence-electron chi connectivity index (χ2n) is 7.07. The Morgan fingerprint density at radius 3 is 3.00 bits per heavy atom. The van der Waals surface area contributed by atoms with Gasteiger partial charge in [-0.15, -0.1) is 0 Å². The van der Waals surface area contributed by atoms with Crippen LogP contribution in [0.15, 0.2) is 24.3 Å². The lowest BCUT2D eigenvalue weighted by Gasteiger charge is -2.44. The number of nitrogens with zero attached hydrogens (tertiary/aromatic N) is 1. The summed E-state index contributed by atoms with van der Waals surface area (Å²) < 4.78 is 5.39. The molecular formula is C18H25N3O2. The maximum absolute atomic E-state index is 12.7. The smallest absolute Gasteiger partial charge is 0.251 e. The van der Waals surface area contributed by atoms with Crippen molar-refractivity contribution >= 4 is 5.91 Å². The summed E-state index contributed by atoms with van der Waals surface area (Å²) in [4.78, 5) is 15.0. The maximum atomic E-state index is 12.7. The number of rotatable bonds is 4. The van der Waals surface area contributed by atoms with Crippen LogP contribution in [0.5, 0.6) is 0 Å². The molecule has 0 spiro atoms. The molecule has 2 heterocycles. The zero-order valence-electron chi connectivity index (χ0n) is 13.5. The molecule has 1 aromatic carbocycles. The van der Waals surface area contributed by atoms with Gasteiger partial charge >= 0.3 is 0 Å². The number of nitrogens with one attached hydrogen (secondary N) is 2. The van der Waals surface area contributed by atoms with Gasteiger partial charge in [0.15, 0.2) is 0 Å². The van der Waals surface area contributed by atoms with Gasteiger partial charge < -0.3 is 15.4 Å². The van der Waals surface area contributed by atoms with Crippen LogP contribution in [0.25, 0.3) is 0 Å². The summed E-state index contributed by atoms with van der Waals surface area (Å²) in [7, 11) is 0. The first-order valence-electron chi connectivity index (χ1n) is 8.67. The van der Waals surface area contributed by atoms with Crippen LogP contribution in [-0.2, 0) is 11.3 Å². The molecule has 1 amide bonds. The van der Waals surface area contributed by atoms with Crippen molar-refractivity contribution < 1.29 is 9.53 Å². The van der Waals surface area contributed by atoms with Crippen LogP contribution in [0.2, 0.25) is 0 Å². The topological polar surface area (TPSA) is 53.6 Å². The number of carbonyl (C=O) groups excluding carboxylic acids is 1. The molecule has 3 fully saturated rings. The molecule has 5 nitrogen and oxygen atoms in total. The van der Waals surface area contributed by atoms with Crippen molar-refractivity contribution in [3.8, 4) is 0 Å². The summed E-state index contributed by atoms with van der Waals surface area (Å²) in [6, 6.07) is 8.06. The van der Waals surface area contributed by atoms with Gasteiger partial charge in [-0.2, -0.15) is 0 Å². The molecule has 4 rings (SSSR count). The van der Waals surface area contributed by atoms with Gasteiger partial charge in [-0.3, -0.25) is 9.69 Å². The molecule has 1 aromatic rings. The van der Waals surface area contributed by atoms with Crippen LogP contribution in [0.4, 0.5) is 0 Å². The van der Waals surface area contributed by atoms with Crippen molar-refractivity contribution in [2.45, 2.75) is 24.9 Å². The van der Waals surface area contributed by atoms with E-state index in [1.54, 1.807) is 0 Å². The normalized spacial score (nSPS) is 30.5. The molecule has 2 atom stereocenters. The Hall–Kier alpha value is -1.43. The van der Waals surface area contributed by atoms with Gasteiger partial charge in [0.25, 0.3) is 5.91 Å². The number of morpholine rings is 1. The molecule has 2 aliphatic heterocycles. The zero-order valence-corrected chi connectivity index (χ0v) is 13.5. The molecule has 0 unspecified atom stereocenters. The van der Waals surface area contributed by atoms with Crippen molar-refractivity contribution in [3.63, 3.8) is 0 Å². The zero-order chi connectivity index (χ0) is 15.7. The van der Waals surface area contributed by atoms with Crippen LogP contribution in [-0.4, -0.2) is 55.7 Å². The fourth-order valence-electron chi connectivity index (χ4n) is 4.03. The minimum Gasteiger partial charge on any atom is -0.379 e. The van der Waals surface area contributed by atoms with E-state index in [-0.39, 0.29) is 11.4 Å². The lowest BCUT2D eigenvalue weighted by Crippen LogP contribution is -2.60. The quantitative estimate of drug-likeness (QED) is 0.870. The highest BCUT2D eigenvalue weighted by Gasteiger charge is 2.50. The Morgan fingerprint density at radius 1 is 1.39 bits per heavy atom. The van der Waals surface area contributed by atoms with Gasteiger partial charge in [-0.05, 0) is 36.5 Å². The van der Waals surface area contributed by atoms with Crippen LogP contribution in [0, 0.1) is 5.92 Å². The minimum absolute atomic E-state index is 0.0112. The molecule has 1 saturated carbocycles. The van der Waals surface area contributed by atoms with Crippen molar-refractivity contribution in [2.75, 3.05) is 39.4 Å². The number of fused-ring (bicyclic) bond motifs is 1. The second-order valence-corrected chi connectivity index (χ2v) is 7.07. The van der Waals surface area contributed by atoms with Crippen molar-refractivity contribution in [1.29, 1.82) is 0 Å². The van der Waals surface area contributed by atoms with E-state index in [4.69, 9.17) is 4.74 Å². The van der Waals surface area contributed by atoms with Gasteiger partial charge in [0.1, 0.15) is 0 Å². The van der Waals surface area contributed by atoms with Gasteiger partial charge in [0, 0.05) is 38.3 Å². The molecule has 23 heavy (non-hydrogen) atoms. The largest absolute Gasteiger partial charge is 0.379 e. The molecule has 1 aliphatic carbocycles. The van der Waals surface area contributed by atoms with E-state index < -0.39 is 0 Å². The summed E-state index contributed by atoms with van der Waals surface area (Å²) in [5.41, 5.74) is 1.99. The fraction of sp³-hybridized carbons (Fsp3) is 0.611. The van der Waals surface area contributed by atoms with Crippen LogP contribution >= 0.6 is 0 Å². The van der Waals surface area contributed by atoms with Crippen LogP contribution < -0.4 is 10.6 Å². The third-order valence-electron chi connectivity index (χ3n) is 5.61. The Bertz CT molecular complexity index is 585. The number of benzene rings is 1. The van der Waals surface area contributed by atoms with E-state index in [1.807, 2.05) is 18.2 Å². The maximum Gasteiger partial charge on any atom is 0.251 e. The van der Waals surface area contributed by atoms with E-state index >= 15 is 0 Å². The predicted octanol–water partition coefficient (Wildman–Crippen LogP) is 1.00. The lowest BCUT2D eigenvalue weighted by molar-refractivity contribution is 0.0341. The molecule has 124 valence electrons. The fourth-order valence-corrected chi connectivity index (χ4v) is 4.03. The monoisotopic (exact) mass is 315 g/mol. The average Bonchev–Trinajstić information content (AvgIpc) is 2.84. The van der Waals surface area contributed by atoms with E-state index in [1.165, 1.54) is 12.0 Å². The van der Waals surface area contributed by atoms with Crippen LogP contribution in [0.3, 0.4) is 0 Å². The highest BCUT2D eigenvalue weighted by molar-refractivity contribution is 5.95. The number of hydrogen-bond donors (Lipinski definition) is 2. The number of amides is 1. The number of carbonyl (C=O) groups is 1. The van der Waals surface area contributed by atoms with E-state index in [2.05, 4.69) is 21.6 Å². The molecule has 2 saturated heterocycles. The van der Waals surface area contributed by atoms with Crippen molar-refractivity contribution in [3.05, 3.63) is 35.4 Å². The molecule has 2 N–H and O–H groups in total. The Morgan fingerprint density at radius 2 is 2.26 bits per heavy atom. The Labute approximate surface area is 137 Å². The highest BCUT2D eigenvalue weighted by Crippen LogP contribution is 2.41. The molecule has 5 heteroatoms. The van der Waals surface area contributed by atoms with E-state index in [0.717, 1.165) is 57.9 Å². The molecule has 0 aromatic heterocycles. The Balaban J connectivity index is 1.42. The summed E-state index contributed by atoms with van der Waals surface area (Å²) in [5, 5.41) is 6.72.